The standard InChI is InChI=1S/C11H12Cl2O2/c1-2-3-4-9(14)7-5-6-8(12)10(13)11(7)15/h5-6,15H,2-4H2,1H3. The number of carbonyl (C=O) groups excluding carboxylic acids is 1. The van der Waals surface area contributed by atoms with Gasteiger partial charge in [-0.1, -0.05) is 36.5 Å². The van der Waals surface area contributed by atoms with Crippen molar-refractivity contribution in [1.82, 2.24) is 0 Å². The lowest BCUT2D eigenvalue weighted by molar-refractivity contribution is 0.0977. The third-order valence-corrected chi connectivity index (χ3v) is 2.92. The number of hydrogen-bond donors (Lipinski definition) is 1. The molecule has 0 unspecified atom stereocenters. The van der Waals surface area contributed by atoms with Crippen LogP contribution in [0.1, 0.15) is 36.5 Å². The van der Waals surface area contributed by atoms with Crippen LogP contribution in [-0.2, 0) is 0 Å². The van der Waals surface area contributed by atoms with Gasteiger partial charge >= 0.3 is 0 Å². The molecule has 0 heterocycles. The third-order valence-electron chi connectivity index (χ3n) is 2.13. The van der Waals surface area contributed by atoms with Crippen LogP contribution in [0.2, 0.25) is 10.0 Å². The molecule has 1 rings (SSSR count). The van der Waals surface area contributed by atoms with Gasteiger partial charge in [-0.2, -0.15) is 0 Å². The zero-order valence-electron chi connectivity index (χ0n) is 8.39. The van der Waals surface area contributed by atoms with E-state index in [1.165, 1.54) is 12.1 Å². The van der Waals surface area contributed by atoms with Crippen molar-refractivity contribution in [3.63, 3.8) is 0 Å². The van der Waals surface area contributed by atoms with Gasteiger partial charge < -0.3 is 5.11 Å². The molecule has 0 saturated heterocycles. The molecule has 0 aromatic heterocycles. The van der Waals surface area contributed by atoms with Crippen molar-refractivity contribution in [2.45, 2.75) is 26.2 Å². The van der Waals surface area contributed by atoms with E-state index in [4.69, 9.17) is 23.2 Å². The molecule has 0 spiro atoms. The summed E-state index contributed by atoms with van der Waals surface area (Å²) in [4.78, 5) is 11.6. The zero-order valence-corrected chi connectivity index (χ0v) is 9.90. The fourth-order valence-electron chi connectivity index (χ4n) is 1.24. The molecule has 1 N–H and O–H groups in total. The van der Waals surface area contributed by atoms with Crippen LogP contribution in [0.25, 0.3) is 0 Å². The number of halogens is 2. The van der Waals surface area contributed by atoms with Crippen molar-refractivity contribution in [1.29, 1.82) is 0 Å². The van der Waals surface area contributed by atoms with E-state index in [1.807, 2.05) is 6.92 Å². The third kappa shape index (κ3) is 2.86. The van der Waals surface area contributed by atoms with Crippen LogP contribution in [0.3, 0.4) is 0 Å². The summed E-state index contributed by atoms with van der Waals surface area (Å²) in [7, 11) is 0. The quantitative estimate of drug-likeness (QED) is 0.814. The summed E-state index contributed by atoms with van der Waals surface area (Å²) in [6, 6.07) is 3.02. The Morgan fingerprint density at radius 1 is 1.40 bits per heavy atom. The Balaban J connectivity index is 2.95. The summed E-state index contributed by atoms with van der Waals surface area (Å²) in [5.74, 6) is -0.321. The minimum atomic E-state index is -0.217. The molecule has 0 fully saturated rings. The number of phenols is 1. The van der Waals surface area contributed by atoms with E-state index >= 15 is 0 Å². The van der Waals surface area contributed by atoms with Gasteiger partial charge in [0, 0.05) is 6.42 Å². The Hall–Kier alpha value is -0.730. The number of aromatic hydroxyl groups is 1. The number of ketones is 1. The van der Waals surface area contributed by atoms with Crippen LogP contribution in [0.5, 0.6) is 5.75 Å². The first-order valence-corrected chi connectivity index (χ1v) is 5.53. The monoisotopic (exact) mass is 246 g/mol. The Labute approximate surface area is 98.8 Å². The SMILES string of the molecule is CCCCC(=O)c1ccc(Cl)c(Cl)c1O. The molecule has 0 bridgehead atoms. The van der Waals surface area contributed by atoms with Crippen LogP contribution < -0.4 is 0 Å². The van der Waals surface area contributed by atoms with Crippen LogP contribution >= 0.6 is 23.2 Å². The van der Waals surface area contributed by atoms with E-state index in [0.29, 0.717) is 6.42 Å². The molecular weight excluding hydrogens is 235 g/mol. The van der Waals surface area contributed by atoms with E-state index in [2.05, 4.69) is 0 Å². The van der Waals surface area contributed by atoms with Crippen LogP contribution in [0.15, 0.2) is 12.1 Å². The molecule has 4 heteroatoms. The second kappa shape index (κ2) is 5.38. The second-order valence-corrected chi connectivity index (χ2v) is 4.07. The van der Waals surface area contributed by atoms with Crippen molar-refractivity contribution < 1.29 is 9.90 Å². The number of carbonyl (C=O) groups is 1. The first kappa shape index (κ1) is 12.3. The van der Waals surface area contributed by atoms with E-state index in [-0.39, 0.29) is 27.1 Å². The fraction of sp³-hybridized carbons (Fsp3) is 0.364. The maximum Gasteiger partial charge on any atom is 0.166 e. The Morgan fingerprint density at radius 2 is 2.07 bits per heavy atom. The molecule has 15 heavy (non-hydrogen) atoms. The molecule has 0 aliphatic heterocycles. The van der Waals surface area contributed by atoms with Gasteiger partial charge in [-0.15, -0.1) is 0 Å². The predicted molar refractivity (Wildman–Crippen MR) is 62.0 cm³/mol. The van der Waals surface area contributed by atoms with Gasteiger partial charge in [-0.25, -0.2) is 0 Å². The lowest BCUT2D eigenvalue weighted by atomic mass is 10.0. The van der Waals surface area contributed by atoms with Crippen LogP contribution in [-0.4, -0.2) is 10.9 Å². The highest BCUT2D eigenvalue weighted by Crippen LogP contribution is 2.34. The smallest absolute Gasteiger partial charge is 0.166 e. The van der Waals surface area contributed by atoms with Crippen molar-refractivity contribution in [3.05, 3.63) is 27.7 Å². The largest absolute Gasteiger partial charge is 0.506 e. The molecule has 1 aromatic rings. The summed E-state index contributed by atoms with van der Waals surface area (Å²) in [5, 5.41) is 9.90. The second-order valence-electron chi connectivity index (χ2n) is 3.28. The van der Waals surface area contributed by atoms with E-state index in [0.717, 1.165) is 12.8 Å². The Kier molecular flexibility index (Phi) is 4.43. The topological polar surface area (TPSA) is 37.3 Å². The molecule has 0 atom stereocenters. The Morgan fingerprint density at radius 3 is 2.67 bits per heavy atom. The van der Waals surface area contributed by atoms with E-state index < -0.39 is 0 Å². The summed E-state index contributed by atoms with van der Waals surface area (Å²) < 4.78 is 0. The number of phenolic OH excluding ortho intramolecular Hbond substituents is 1. The lowest BCUT2D eigenvalue weighted by Crippen LogP contribution is -1.99. The fourth-order valence-corrected chi connectivity index (χ4v) is 1.55. The van der Waals surface area contributed by atoms with Crippen molar-refractivity contribution in [2.75, 3.05) is 0 Å². The van der Waals surface area contributed by atoms with Gasteiger partial charge in [-0.05, 0) is 18.6 Å². The number of Topliss-reactive ketones (excluding diaryl/α,β-unsaturated/α-hetero) is 1. The number of unbranched alkanes of at least 4 members (excludes halogenated alkanes) is 1. The molecule has 2 nitrogen and oxygen atoms in total. The molecule has 82 valence electrons. The Bertz CT molecular complexity index is 375. The highest BCUT2D eigenvalue weighted by atomic mass is 35.5. The minimum Gasteiger partial charge on any atom is -0.506 e. The van der Waals surface area contributed by atoms with Gasteiger partial charge in [0.15, 0.2) is 5.78 Å². The van der Waals surface area contributed by atoms with Crippen LogP contribution in [0, 0.1) is 0 Å². The lowest BCUT2D eigenvalue weighted by Gasteiger charge is -2.05. The molecule has 1 aromatic carbocycles. The van der Waals surface area contributed by atoms with Gasteiger partial charge in [0.05, 0.1) is 10.6 Å². The van der Waals surface area contributed by atoms with Gasteiger partial charge in [0.1, 0.15) is 10.8 Å². The number of hydrogen-bond acceptors (Lipinski definition) is 2. The van der Waals surface area contributed by atoms with Crippen molar-refractivity contribution >= 4 is 29.0 Å². The molecule has 0 radical (unpaired) electrons. The number of benzene rings is 1. The average Bonchev–Trinajstić information content (AvgIpc) is 2.23. The van der Waals surface area contributed by atoms with Crippen molar-refractivity contribution in [3.8, 4) is 5.75 Å². The van der Waals surface area contributed by atoms with Crippen molar-refractivity contribution in [2.24, 2.45) is 0 Å². The van der Waals surface area contributed by atoms with Gasteiger partial charge in [0.25, 0.3) is 0 Å². The van der Waals surface area contributed by atoms with E-state index in [1.54, 1.807) is 0 Å². The molecule has 0 saturated carbocycles. The van der Waals surface area contributed by atoms with E-state index in [9.17, 15) is 9.90 Å². The first-order chi connectivity index (χ1) is 7.07. The minimum absolute atomic E-state index is 0.0408. The summed E-state index contributed by atoms with van der Waals surface area (Å²) in [5.41, 5.74) is 0.248. The molecule has 0 aliphatic rings. The molecular formula is C11H12Cl2O2. The number of rotatable bonds is 4. The summed E-state index contributed by atoms with van der Waals surface area (Å²) in [6.45, 7) is 2.00. The molecule has 0 amide bonds. The molecule has 0 aliphatic carbocycles. The predicted octanol–water partition coefficient (Wildman–Crippen LogP) is 4.07. The highest BCUT2D eigenvalue weighted by molar-refractivity contribution is 6.43. The summed E-state index contributed by atoms with van der Waals surface area (Å²) >= 11 is 11.4. The van der Waals surface area contributed by atoms with Gasteiger partial charge in [-0.3, -0.25) is 4.79 Å². The van der Waals surface area contributed by atoms with Crippen LogP contribution in [0.4, 0.5) is 0 Å². The highest BCUT2D eigenvalue weighted by Gasteiger charge is 2.15. The maximum atomic E-state index is 11.6. The average molecular weight is 247 g/mol. The van der Waals surface area contributed by atoms with Gasteiger partial charge in [0.2, 0.25) is 0 Å². The first-order valence-electron chi connectivity index (χ1n) is 4.78. The normalized spacial score (nSPS) is 10.3. The zero-order chi connectivity index (χ0) is 11.4. The maximum absolute atomic E-state index is 11.6. The summed E-state index contributed by atoms with van der Waals surface area (Å²) in [6.07, 6.45) is 2.16.